The first kappa shape index (κ1) is 16.5. The molecule has 1 aromatic carbocycles. The van der Waals surface area contributed by atoms with E-state index in [1.807, 2.05) is 31.2 Å². The van der Waals surface area contributed by atoms with Crippen molar-refractivity contribution in [2.24, 2.45) is 5.73 Å². The molecular formula is C16H26N2O2. The van der Waals surface area contributed by atoms with Gasteiger partial charge in [0.05, 0.1) is 12.6 Å². The second-order valence-corrected chi connectivity index (χ2v) is 4.96. The average Bonchev–Trinajstić information content (AvgIpc) is 2.46. The van der Waals surface area contributed by atoms with E-state index in [9.17, 15) is 4.79 Å². The van der Waals surface area contributed by atoms with Crippen LogP contribution in [0.1, 0.15) is 45.1 Å². The molecule has 112 valence electrons. The Morgan fingerprint density at radius 2 is 2.15 bits per heavy atom. The second-order valence-electron chi connectivity index (χ2n) is 4.96. The molecule has 0 aromatic heterocycles. The maximum atomic E-state index is 11.7. The number of hydrogen-bond donors (Lipinski definition) is 2. The zero-order valence-corrected chi connectivity index (χ0v) is 12.5. The van der Waals surface area contributed by atoms with E-state index in [4.69, 9.17) is 10.5 Å². The van der Waals surface area contributed by atoms with Gasteiger partial charge in [-0.15, -0.1) is 0 Å². The minimum absolute atomic E-state index is 0.0934. The summed E-state index contributed by atoms with van der Waals surface area (Å²) < 4.78 is 5.64. The molecule has 20 heavy (non-hydrogen) atoms. The van der Waals surface area contributed by atoms with Crippen LogP contribution in [-0.4, -0.2) is 18.6 Å². The summed E-state index contributed by atoms with van der Waals surface area (Å²) >= 11 is 0. The van der Waals surface area contributed by atoms with E-state index in [-0.39, 0.29) is 5.91 Å². The first-order valence-corrected chi connectivity index (χ1v) is 7.42. The van der Waals surface area contributed by atoms with Crippen LogP contribution in [-0.2, 0) is 11.3 Å². The molecule has 0 saturated heterocycles. The minimum Gasteiger partial charge on any atom is -0.494 e. The van der Waals surface area contributed by atoms with Crippen LogP contribution in [0, 0.1) is 0 Å². The number of unbranched alkanes of at least 4 members (excludes halogenated alkanes) is 1. The van der Waals surface area contributed by atoms with Crippen molar-refractivity contribution in [3.05, 3.63) is 29.8 Å². The maximum absolute atomic E-state index is 11.7. The van der Waals surface area contributed by atoms with Gasteiger partial charge in [-0.3, -0.25) is 4.79 Å². The van der Waals surface area contributed by atoms with Gasteiger partial charge in [-0.05, 0) is 30.5 Å². The molecule has 0 spiro atoms. The third-order valence-electron chi connectivity index (χ3n) is 3.07. The largest absolute Gasteiger partial charge is 0.494 e. The molecule has 4 heteroatoms. The highest BCUT2D eigenvalue weighted by Gasteiger charge is 2.11. The van der Waals surface area contributed by atoms with Crippen molar-refractivity contribution in [3.63, 3.8) is 0 Å². The van der Waals surface area contributed by atoms with Gasteiger partial charge in [0.15, 0.2) is 0 Å². The number of carbonyl (C=O) groups is 1. The Morgan fingerprint density at radius 3 is 2.85 bits per heavy atom. The minimum atomic E-state index is -0.413. The van der Waals surface area contributed by atoms with Gasteiger partial charge in [0.1, 0.15) is 5.75 Å². The molecule has 1 amide bonds. The van der Waals surface area contributed by atoms with E-state index < -0.39 is 6.04 Å². The van der Waals surface area contributed by atoms with Crippen LogP contribution in [0.3, 0.4) is 0 Å². The molecule has 1 rings (SSSR count). The van der Waals surface area contributed by atoms with Gasteiger partial charge in [-0.1, -0.05) is 38.8 Å². The summed E-state index contributed by atoms with van der Waals surface area (Å²) in [5.74, 6) is 0.757. The van der Waals surface area contributed by atoms with Gasteiger partial charge in [0, 0.05) is 6.54 Å². The van der Waals surface area contributed by atoms with E-state index >= 15 is 0 Å². The number of hydrogen-bond acceptors (Lipinski definition) is 3. The monoisotopic (exact) mass is 278 g/mol. The van der Waals surface area contributed by atoms with Crippen molar-refractivity contribution in [3.8, 4) is 5.75 Å². The van der Waals surface area contributed by atoms with E-state index in [2.05, 4.69) is 12.2 Å². The quantitative estimate of drug-likeness (QED) is 0.682. The van der Waals surface area contributed by atoms with Crippen molar-refractivity contribution >= 4 is 5.91 Å². The zero-order chi connectivity index (χ0) is 14.8. The molecule has 4 nitrogen and oxygen atoms in total. The predicted molar refractivity (Wildman–Crippen MR) is 81.6 cm³/mol. The molecule has 0 radical (unpaired) electrons. The number of nitrogens with one attached hydrogen (secondary N) is 1. The SMILES string of the molecule is CCCCOc1cccc(CNC(=O)C(N)CCC)c1. The van der Waals surface area contributed by atoms with Crippen LogP contribution in [0.25, 0.3) is 0 Å². The summed E-state index contributed by atoms with van der Waals surface area (Å²) in [6.45, 7) is 5.37. The summed E-state index contributed by atoms with van der Waals surface area (Å²) in [5.41, 5.74) is 6.79. The van der Waals surface area contributed by atoms with Crippen LogP contribution < -0.4 is 15.8 Å². The smallest absolute Gasteiger partial charge is 0.237 e. The van der Waals surface area contributed by atoms with Crippen LogP contribution in [0.5, 0.6) is 5.75 Å². The molecule has 0 fully saturated rings. The Hall–Kier alpha value is -1.55. The number of ether oxygens (including phenoxy) is 1. The van der Waals surface area contributed by atoms with Crippen LogP contribution in [0.2, 0.25) is 0 Å². The normalized spacial score (nSPS) is 11.9. The zero-order valence-electron chi connectivity index (χ0n) is 12.5. The predicted octanol–water partition coefficient (Wildman–Crippen LogP) is 2.61. The lowest BCUT2D eigenvalue weighted by Crippen LogP contribution is -2.40. The molecule has 3 N–H and O–H groups in total. The highest BCUT2D eigenvalue weighted by atomic mass is 16.5. The van der Waals surface area contributed by atoms with Gasteiger partial charge in [-0.25, -0.2) is 0 Å². The Balaban J connectivity index is 2.43. The number of nitrogens with two attached hydrogens (primary N) is 1. The molecule has 0 heterocycles. The lowest BCUT2D eigenvalue weighted by molar-refractivity contribution is -0.122. The first-order chi connectivity index (χ1) is 9.67. The van der Waals surface area contributed by atoms with Gasteiger partial charge in [0.2, 0.25) is 5.91 Å². The fourth-order valence-electron chi connectivity index (χ4n) is 1.84. The van der Waals surface area contributed by atoms with E-state index in [1.54, 1.807) is 0 Å². The van der Waals surface area contributed by atoms with Crippen LogP contribution >= 0.6 is 0 Å². The molecule has 0 aliphatic rings. The summed E-state index contributed by atoms with van der Waals surface area (Å²) in [7, 11) is 0. The van der Waals surface area contributed by atoms with E-state index in [0.29, 0.717) is 13.0 Å². The van der Waals surface area contributed by atoms with Gasteiger partial charge >= 0.3 is 0 Å². The van der Waals surface area contributed by atoms with E-state index in [1.165, 1.54) is 0 Å². The topological polar surface area (TPSA) is 64.3 Å². The lowest BCUT2D eigenvalue weighted by Gasteiger charge is -2.12. The van der Waals surface area contributed by atoms with Crippen molar-refractivity contribution < 1.29 is 9.53 Å². The third kappa shape index (κ3) is 6.06. The molecule has 1 unspecified atom stereocenters. The number of amides is 1. The van der Waals surface area contributed by atoms with Crippen molar-refractivity contribution in [2.75, 3.05) is 6.61 Å². The van der Waals surface area contributed by atoms with Crippen LogP contribution in [0.4, 0.5) is 0 Å². The first-order valence-electron chi connectivity index (χ1n) is 7.42. The summed E-state index contributed by atoms with van der Waals surface area (Å²) in [6.07, 6.45) is 3.79. The molecule has 1 aromatic rings. The van der Waals surface area contributed by atoms with Gasteiger partial charge < -0.3 is 15.8 Å². The van der Waals surface area contributed by atoms with Crippen molar-refractivity contribution in [1.82, 2.24) is 5.32 Å². The Labute approximate surface area is 121 Å². The number of benzene rings is 1. The fourth-order valence-corrected chi connectivity index (χ4v) is 1.84. The Kier molecular flexibility index (Phi) is 7.73. The fraction of sp³-hybridized carbons (Fsp3) is 0.562. The molecule has 0 bridgehead atoms. The second kappa shape index (κ2) is 9.37. The standard InChI is InChI=1S/C16H26N2O2/c1-3-5-10-20-14-9-6-8-13(11-14)12-18-16(19)15(17)7-4-2/h6,8-9,11,15H,3-5,7,10,12,17H2,1-2H3,(H,18,19). The third-order valence-corrected chi connectivity index (χ3v) is 3.07. The van der Waals surface area contributed by atoms with Gasteiger partial charge in [-0.2, -0.15) is 0 Å². The Bertz CT molecular complexity index is 407. The highest BCUT2D eigenvalue weighted by molar-refractivity contribution is 5.81. The molecule has 0 saturated carbocycles. The maximum Gasteiger partial charge on any atom is 0.237 e. The van der Waals surface area contributed by atoms with E-state index in [0.717, 1.165) is 37.2 Å². The summed E-state index contributed by atoms with van der Waals surface area (Å²) in [5, 5.41) is 2.86. The molecule has 1 atom stereocenters. The molecular weight excluding hydrogens is 252 g/mol. The average molecular weight is 278 g/mol. The number of carbonyl (C=O) groups excluding carboxylic acids is 1. The number of rotatable bonds is 9. The molecule has 0 aliphatic heterocycles. The highest BCUT2D eigenvalue weighted by Crippen LogP contribution is 2.13. The molecule has 0 aliphatic carbocycles. The van der Waals surface area contributed by atoms with Crippen molar-refractivity contribution in [1.29, 1.82) is 0 Å². The van der Waals surface area contributed by atoms with Crippen LogP contribution in [0.15, 0.2) is 24.3 Å². The van der Waals surface area contributed by atoms with Gasteiger partial charge in [0.25, 0.3) is 0 Å². The summed E-state index contributed by atoms with van der Waals surface area (Å²) in [4.78, 5) is 11.7. The lowest BCUT2D eigenvalue weighted by atomic mass is 10.1. The summed E-state index contributed by atoms with van der Waals surface area (Å²) in [6, 6.07) is 7.39. The Morgan fingerprint density at radius 1 is 1.35 bits per heavy atom. The van der Waals surface area contributed by atoms with Crippen molar-refractivity contribution in [2.45, 2.75) is 52.1 Å².